The Labute approximate surface area is 108 Å². The topological polar surface area (TPSA) is 35.2 Å². The van der Waals surface area contributed by atoms with Gasteiger partial charge >= 0.3 is 0 Å². The molecule has 2 aromatic carbocycles. The van der Waals surface area contributed by atoms with Crippen molar-refractivity contribution in [3.8, 4) is 5.75 Å². The van der Waals surface area contributed by atoms with E-state index in [2.05, 4.69) is 19.1 Å². The van der Waals surface area contributed by atoms with Crippen LogP contribution < -0.4 is 10.5 Å². The zero-order chi connectivity index (χ0) is 13.0. The third-order valence-electron chi connectivity index (χ3n) is 2.99. The van der Waals surface area contributed by atoms with Crippen LogP contribution in [-0.4, -0.2) is 0 Å². The maximum absolute atomic E-state index is 5.89. The van der Waals surface area contributed by atoms with Gasteiger partial charge in [0.15, 0.2) is 0 Å². The number of ether oxygens (including phenoxy) is 1. The standard InChI is InChI=1S/C16H19NO/c1-12(17)14-8-10-16(11-9-14)18-13(2)15-6-4-3-5-7-15/h3-13H,17H2,1-2H3. The molecule has 2 atom stereocenters. The van der Waals surface area contributed by atoms with Crippen LogP contribution in [0.4, 0.5) is 0 Å². The van der Waals surface area contributed by atoms with Crippen molar-refractivity contribution >= 4 is 0 Å². The second-order valence-corrected chi connectivity index (χ2v) is 4.53. The van der Waals surface area contributed by atoms with Crippen LogP contribution in [0.1, 0.15) is 37.1 Å². The molecule has 2 aromatic rings. The van der Waals surface area contributed by atoms with Crippen LogP contribution in [-0.2, 0) is 0 Å². The third kappa shape index (κ3) is 3.11. The van der Waals surface area contributed by atoms with Gasteiger partial charge in [-0.05, 0) is 37.1 Å². The number of nitrogens with two attached hydrogens (primary N) is 1. The summed E-state index contributed by atoms with van der Waals surface area (Å²) < 4.78 is 5.89. The van der Waals surface area contributed by atoms with E-state index in [0.717, 1.165) is 11.3 Å². The number of hydrogen-bond donors (Lipinski definition) is 1. The highest BCUT2D eigenvalue weighted by Gasteiger charge is 2.06. The van der Waals surface area contributed by atoms with Gasteiger partial charge in [-0.15, -0.1) is 0 Å². The first-order valence-corrected chi connectivity index (χ1v) is 6.24. The number of rotatable bonds is 4. The molecule has 0 aliphatic rings. The van der Waals surface area contributed by atoms with Crippen LogP contribution in [0.15, 0.2) is 54.6 Å². The smallest absolute Gasteiger partial charge is 0.121 e. The Hall–Kier alpha value is -1.80. The van der Waals surface area contributed by atoms with Crippen molar-refractivity contribution in [2.45, 2.75) is 26.0 Å². The molecular formula is C16H19NO. The molecular weight excluding hydrogens is 222 g/mol. The van der Waals surface area contributed by atoms with Crippen molar-refractivity contribution in [3.05, 3.63) is 65.7 Å². The van der Waals surface area contributed by atoms with Gasteiger partial charge in [-0.25, -0.2) is 0 Å². The minimum atomic E-state index is 0.0485. The van der Waals surface area contributed by atoms with Crippen LogP contribution in [0.2, 0.25) is 0 Å². The molecule has 0 bridgehead atoms. The highest BCUT2D eigenvalue weighted by atomic mass is 16.5. The highest BCUT2D eigenvalue weighted by Crippen LogP contribution is 2.22. The SMILES string of the molecule is CC(N)c1ccc(OC(C)c2ccccc2)cc1. The first-order chi connectivity index (χ1) is 8.66. The van der Waals surface area contributed by atoms with Crippen LogP contribution in [0.3, 0.4) is 0 Å². The van der Waals surface area contributed by atoms with E-state index in [-0.39, 0.29) is 12.1 Å². The molecule has 2 N–H and O–H groups in total. The fourth-order valence-electron chi connectivity index (χ4n) is 1.85. The van der Waals surface area contributed by atoms with Crippen LogP contribution >= 0.6 is 0 Å². The molecule has 94 valence electrons. The summed E-state index contributed by atoms with van der Waals surface area (Å²) in [6.07, 6.45) is 0.0485. The van der Waals surface area contributed by atoms with Gasteiger partial charge in [0.2, 0.25) is 0 Å². The predicted octanol–water partition coefficient (Wildman–Crippen LogP) is 3.85. The van der Waals surface area contributed by atoms with Gasteiger partial charge in [-0.1, -0.05) is 42.5 Å². The Balaban J connectivity index is 2.05. The molecule has 0 radical (unpaired) electrons. The fraction of sp³-hybridized carbons (Fsp3) is 0.250. The first kappa shape index (κ1) is 12.7. The van der Waals surface area contributed by atoms with Crippen molar-refractivity contribution in [1.29, 1.82) is 0 Å². The van der Waals surface area contributed by atoms with Crippen molar-refractivity contribution in [2.75, 3.05) is 0 Å². The summed E-state index contributed by atoms with van der Waals surface area (Å²) in [6, 6.07) is 18.2. The molecule has 0 fully saturated rings. The van der Waals surface area contributed by atoms with E-state index in [1.165, 1.54) is 5.56 Å². The molecule has 2 rings (SSSR count). The van der Waals surface area contributed by atoms with Crippen molar-refractivity contribution in [1.82, 2.24) is 0 Å². The average Bonchev–Trinajstić information content (AvgIpc) is 2.40. The maximum atomic E-state index is 5.89. The highest BCUT2D eigenvalue weighted by molar-refractivity contribution is 5.29. The Bertz CT molecular complexity index is 476. The Kier molecular flexibility index (Phi) is 4.00. The lowest BCUT2D eigenvalue weighted by Gasteiger charge is -2.15. The van der Waals surface area contributed by atoms with Gasteiger partial charge in [-0.3, -0.25) is 0 Å². The lowest BCUT2D eigenvalue weighted by molar-refractivity contribution is 0.227. The molecule has 2 nitrogen and oxygen atoms in total. The zero-order valence-electron chi connectivity index (χ0n) is 10.8. The number of hydrogen-bond acceptors (Lipinski definition) is 2. The summed E-state index contributed by atoms with van der Waals surface area (Å²) in [6.45, 7) is 4.03. The minimum absolute atomic E-state index is 0.0485. The summed E-state index contributed by atoms with van der Waals surface area (Å²) >= 11 is 0. The van der Waals surface area contributed by atoms with E-state index < -0.39 is 0 Å². The van der Waals surface area contributed by atoms with Gasteiger partial charge in [0, 0.05) is 6.04 Å². The molecule has 0 heterocycles. The molecule has 0 saturated heterocycles. The van der Waals surface area contributed by atoms with Crippen LogP contribution in [0.5, 0.6) is 5.75 Å². The Morgan fingerprint density at radius 1 is 0.833 bits per heavy atom. The summed E-state index contributed by atoms with van der Waals surface area (Å²) in [5.74, 6) is 0.871. The quantitative estimate of drug-likeness (QED) is 0.882. The predicted molar refractivity (Wildman–Crippen MR) is 74.5 cm³/mol. The molecule has 2 heteroatoms. The lowest BCUT2D eigenvalue weighted by atomic mass is 10.1. The summed E-state index contributed by atoms with van der Waals surface area (Å²) in [7, 11) is 0. The summed E-state index contributed by atoms with van der Waals surface area (Å²) in [4.78, 5) is 0. The second kappa shape index (κ2) is 5.69. The molecule has 0 saturated carbocycles. The molecule has 0 spiro atoms. The second-order valence-electron chi connectivity index (χ2n) is 4.53. The van der Waals surface area contributed by atoms with Crippen LogP contribution in [0, 0.1) is 0 Å². The van der Waals surface area contributed by atoms with E-state index in [1.54, 1.807) is 0 Å². The molecule has 0 aromatic heterocycles. The summed E-state index contributed by atoms with van der Waals surface area (Å²) in [5, 5.41) is 0. The summed E-state index contributed by atoms with van der Waals surface area (Å²) in [5.41, 5.74) is 8.11. The van der Waals surface area contributed by atoms with Crippen molar-refractivity contribution < 1.29 is 4.74 Å². The molecule has 0 amide bonds. The Morgan fingerprint density at radius 2 is 1.44 bits per heavy atom. The molecule has 2 unspecified atom stereocenters. The van der Waals surface area contributed by atoms with Gasteiger partial charge < -0.3 is 10.5 Å². The van der Waals surface area contributed by atoms with Gasteiger partial charge in [0.05, 0.1) is 0 Å². The minimum Gasteiger partial charge on any atom is -0.486 e. The average molecular weight is 241 g/mol. The first-order valence-electron chi connectivity index (χ1n) is 6.24. The zero-order valence-corrected chi connectivity index (χ0v) is 10.8. The van der Waals surface area contributed by atoms with Crippen molar-refractivity contribution in [2.24, 2.45) is 5.73 Å². The molecule has 18 heavy (non-hydrogen) atoms. The third-order valence-corrected chi connectivity index (χ3v) is 2.99. The monoisotopic (exact) mass is 241 g/mol. The van der Waals surface area contributed by atoms with Gasteiger partial charge in [-0.2, -0.15) is 0 Å². The van der Waals surface area contributed by atoms with Crippen LogP contribution in [0.25, 0.3) is 0 Å². The maximum Gasteiger partial charge on any atom is 0.121 e. The molecule has 0 aliphatic carbocycles. The van der Waals surface area contributed by atoms with Gasteiger partial charge in [0.1, 0.15) is 11.9 Å². The normalized spacial score (nSPS) is 13.9. The largest absolute Gasteiger partial charge is 0.486 e. The number of benzene rings is 2. The van der Waals surface area contributed by atoms with E-state index in [1.807, 2.05) is 49.4 Å². The lowest BCUT2D eigenvalue weighted by Crippen LogP contribution is -2.05. The Morgan fingerprint density at radius 3 is 2.00 bits per heavy atom. The van der Waals surface area contributed by atoms with Crippen molar-refractivity contribution in [3.63, 3.8) is 0 Å². The van der Waals surface area contributed by atoms with E-state index in [9.17, 15) is 0 Å². The van der Waals surface area contributed by atoms with E-state index in [4.69, 9.17) is 10.5 Å². The fourth-order valence-corrected chi connectivity index (χ4v) is 1.85. The van der Waals surface area contributed by atoms with Gasteiger partial charge in [0.25, 0.3) is 0 Å². The van der Waals surface area contributed by atoms with E-state index >= 15 is 0 Å². The van der Waals surface area contributed by atoms with E-state index in [0.29, 0.717) is 0 Å². The molecule has 0 aliphatic heterocycles.